The second-order valence-electron chi connectivity index (χ2n) is 5.85. The first-order valence-electron chi connectivity index (χ1n) is 8.55. The van der Waals surface area contributed by atoms with E-state index in [0.29, 0.717) is 18.7 Å². The number of unbranched alkanes of at least 4 members (excludes halogenated alkanes) is 1. The van der Waals surface area contributed by atoms with E-state index in [-0.39, 0.29) is 5.56 Å². The fraction of sp³-hybridized carbons (Fsp3) is 0.368. The van der Waals surface area contributed by atoms with Crippen LogP contribution in [0.4, 0.5) is 0 Å². The molecular weight excluding hydrogens is 302 g/mol. The summed E-state index contributed by atoms with van der Waals surface area (Å²) >= 11 is 0. The molecule has 2 aromatic heterocycles. The Morgan fingerprint density at radius 3 is 2.75 bits per heavy atom. The molecule has 5 heteroatoms. The number of benzene rings is 1. The van der Waals surface area contributed by atoms with Crippen LogP contribution in [-0.2, 0) is 6.54 Å². The van der Waals surface area contributed by atoms with E-state index >= 15 is 0 Å². The Morgan fingerprint density at radius 1 is 1.12 bits per heavy atom. The summed E-state index contributed by atoms with van der Waals surface area (Å²) in [6.45, 7) is 5.60. The van der Waals surface area contributed by atoms with Gasteiger partial charge >= 0.3 is 0 Å². The van der Waals surface area contributed by atoms with Gasteiger partial charge in [0.25, 0.3) is 5.56 Å². The highest BCUT2D eigenvalue weighted by molar-refractivity contribution is 5.71. The smallest absolute Gasteiger partial charge is 0.276 e. The third-order valence-corrected chi connectivity index (χ3v) is 3.99. The van der Waals surface area contributed by atoms with Crippen molar-refractivity contribution < 1.29 is 4.74 Å². The molecule has 0 fully saturated rings. The molecule has 126 valence electrons. The van der Waals surface area contributed by atoms with Gasteiger partial charge in [0.2, 0.25) is 0 Å². The molecule has 0 N–H and O–H groups in total. The summed E-state index contributed by atoms with van der Waals surface area (Å²) in [5.41, 5.74) is 2.25. The summed E-state index contributed by atoms with van der Waals surface area (Å²) in [5.74, 6) is 0.809. The van der Waals surface area contributed by atoms with E-state index in [1.54, 1.807) is 15.3 Å². The van der Waals surface area contributed by atoms with E-state index in [9.17, 15) is 4.79 Å². The molecule has 1 aromatic carbocycles. The molecule has 0 atom stereocenters. The average Bonchev–Trinajstić information content (AvgIpc) is 3.03. The lowest BCUT2D eigenvalue weighted by molar-refractivity contribution is 0.310. The first-order valence-corrected chi connectivity index (χ1v) is 8.55. The number of ether oxygens (including phenoxy) is 1. The molecular formula is C19H23N3O2. The van der Waals surface area contributed by atoms with Crippen molar-refractivity contribution in [1.29, 1.82) is 0 Å². The Bertz CT molecular complexity index is 880. The third kappa shape index (κ3) is 3.20. The molecule has 0 bridgehead atoms. The predicted molar refractivity (Wildman–Crippen MR) is 95.6 cm³/mol. The van der Waals surface area contributed by atoms with Crippen LogP contribution in [-0.4, -0.2) is 20.8 Å². The van der Waals surface area contributed by atoms with E-state index < -0.39 is 0 Å². The molecule has 3 aromatic rings. The molecule has 24 heavy (non-hydrogen) atoms. The summed E-state index contributed by atoms with van der Waals surface area (Å²) in [6, 6.07) is 9.69. The van der Waals surface area contributed by atoms with E-state index in [1.807, 2.05) is 36.5 Å². The van der Waals surface area contributed by atoms with Gasteiger partial charge in [-0.2, -0.15) is 5.10 Å². The topological polar surface area (TPSA) is 48.5 Å². The minimum Gasteiger partial charge on any atom is -0.493 e. The number of rotatable bonds is 7. The molecule has 2 heterocycles. The second kappa shape index (κ2) is 7.34. The van der Waals surface area contributed by atoms with Gasteiger partial charge in [-0.05, 0) is 31.0 Å². The fourth-order valence-corrected chi connectivity index (χ4v) is 2.71. The number of aryl methyl sites for hydroxylation is 1. The highest BCUT2D eigenvalue weighted by atomic mass is 16.5. The van der Waals surface area contributed by atoms with Crippen molar-refractivity contribution in [1.82, 2.24) is 14.2 Å². The molecule has 5 nitrogen and oxygen atoms in total. The summed E-state index contributed by atoms with van der Waals surface area (Å²) in [7, 11) is 0. The number of hydrogen-bond acceptors (Lipinski definition) is 3. The van der Waals surface area contributed by atoms with Gasteiger partial charge in [-0.1, -0.05) is 32.4 Å². The van der Waals surface area contributed by atoms with Crippen molar-refractivity contribution in [2.24, 2.45) is 0 Å². The van der Waals surface area contributed by atoms with Crippen LogP contribution in [0.3, 0.4) is 0 Å². The fourth-order valence-electron chi connectivity index (χ4n) is 2.71. The number of nitrogens with zero attached hydrogens (tertiary/aromatic N) is 3. The highest BCUT2D eigenvalue weighted by Crippen LogP contribution is 2.29. The number of hydrogen-bond donors (Lipinski definition) is 0. The van der Waals surface area contributed by atoms with Gasteiger partial charge in [0.15, 0.2) is 0 Å². The normalized spacial score (nSPS) is 11.1. The number of para-hydroxylation sites is 1. The Balaban J connectivity index is 2.01. The van der Waals surface area contributed by atoms with E-state index in [2.05, 4.69) is 18.9 Å². The van der Waals surface area contributed by atoms with Crippen LogP contribution < -0.4 is 10.3 Å². The minimum atomic E-state index is -0.0116. The molecule has 0 aliphatic rings. The third-order valence-electron chi connectivity index (χ3n) is 3.99. The van der Waals surface area contributed by atoms with Crippen molar-refractivity contribution >= 4 is 5.52 Å². The van der Waals surface area contributed by atoms with Crippen LogP contribution in [0.5, 0.6) is 5.75 Å². The average molecular weight is 325 g/mol. The molecule has 0 unspecified atom stereocenters. The van der Waals surface area contributed by atoms with Crippen molar-refractivity contribution in [2.75, 3.05) is 6.61 Å². The Hall–Kier alpha value is -2.56. The van der Waals surface area contributed by atoms with Crippen molar-refractivity contribution in [3.8, 4) is 17.0 Å². The lowest BCUT2D eigenvalue weighted by Gasteiger charge is -2.09. The van der Waals surface area contributed by atoms with Crippen LogP contribution in [0, 0.1) is 0 Å². The first-order chi connectivity index (χ1) is 11.7. The Kier molecular flexibility index (Phi) is 4.99. The second-order valence-corrected chi connectivity index (χ2v) is 5.85. The molecule has 0 saturated carbocycles. The van der Waals surface area contributed by atoms with Crippen LogP contribution in [0.1, 0.15) is 33.1 Å². The van der Waals surface area contributed by atoms with E-state index in [1.165, 1.54) is 0 Å². The number of aromatic nitrogens is 3. The summed E-state index contributed by atoms with van der Waals surface area (Å²) in [4.78, 5) is 12.5. The quantitative estimate of drug-likeness (QED) is 0.622. The zero-order valence-electron chi connectivity index (χ0n) is 14.2. The van der Waals surface area contributed by atoms with Gasteiger partial charge in [-0.25, -0.2) is 4.52 Å². The standard InChI is InChI=1S/C19H23N3O2/c1-3-5-13-24-18-9-7-6-8-15(18)16-14-17-19(23)21(10-4-2)11-12-22(17)20-16/h6-9,11-12,14H,3-5,10,13H2,1-2H3. The summed E-state index contributed by atoms with van der Waals surface area (Å²) < 4.78 is 9.26. The monoisotopic (exact) mass is 325 g/mol. The lowest BCUT2D eigenvalue weighted by atomic mass is 10.1. The number of fused-ring (bicyclic) bond motifs is 1. The molecule has 0 saturated heterocycles. The maximum atomic E-state index is 12.5. The molecule has 3 rings (SSSR count). The van der Waals surface area contributed by atoms with Gasteiger partial charge in [0.1, 0.15) is 11.3 Å². The van der Waals surface area contributed by atoms with Gasteiger partial charge < -0.3 is 9.30 Å². The van der Waals surface area contributed by atoms with Crippen molar-refractivity contribution in [3.63, 3.8) is 0 Å². The van der Waals surface area contributed by atoms with E-state index in [4.69, 9.17) is 4.74 Å². The van der Waals surface area contributed by atoms with Gasteiger partial charge in [-0.15, -0.1) is 0 Å². The van der Waals surface area contributed by atoms with Crippen molar-refractivity contribution in [3.05, 3.63) is 53.1 Å². The van der Waals surface area contributed by atoms with Gasteiger partial charge in [0.05, 0.1) is 12.3 Å². The summed E-state index contributed by atoms with van der Waals surface area (Å²) in [5, 5.41) is 4.56. The lowest BCUT2D eigenvalue weighted by Crippen LogP contribution is -2.20. The summed E-state index contributed by atoms with van der Waals surface area (Å²) in [6.07, 6.45) is 6.65. The van der Waals surface area contributed by atoms with E-state index in [0.717, 1.165) is 36.3 Å². The molecule has 0 spiro atoms. The van der Waals surface area contributed by atoms with Crippen LogP contribution in [0.25, 0.3) is 16.8 Å². The minimum absolute atomic E-state index is 0.0116. The van der Waals surface area contributed by atoms with Crippen LogP contribution in [0.2, 0.25) is 0 Å². The van der Waals surface area contributed by atoms with Gasteiger partial charge in [0, 0.05) is 24.5 Å². The predicted octanol–water partition coefficient (Wildman–Crippen LogP) is 3.75. The first kappa shape index (κ1) is 16.3. The van der Waals surface area contributed by atoms with Crippen LogP contribution in [0.15, 0.2) is 47.5 Å². The Labute approximate surface area is 141 Å². The Morgan fingerprint density at radius 2 is 1.96 bits per heavy atom. The maximum Gasteiger partial charge on any atom is 0.276 e. The molecule has 0 aliphatic carbocycles. The maximum absolute atomic E-state index is 12.5. The zero-order chi connectivity index (χ0) is 16.9. The SMILES string of the molecule is CCCCOc1ccccc1-c1cc2c(=O)n(CCC)ccn2n1. The molecule has 0 radical (unpaired) electrons. The van der Waals surface area contributed by atoms with Crippen LogP contribution >= 0.6 is 0 Å². The zero-order valence-corrected chi connectivity index (χ0v) is 14.2. The highest BCUT2D eigenvalue weighted by Gasteiger charge is 2.12. The largest absolute Gasteiger partial charge is 0.493 e. The van der Waals surface area contributed by atoms with Gasteiger partial charge in [-0.3, -0.25) is 4.79 Å². The molecule has 0 aliphatic heterocycles. The molecule has 0 amide bonds. The van der Waals surface area contributed by atoms with Crippen molar-refractivity contribution in [2.45, 2.75) is 39.7 Å².